The van der Waals surface area contributed by atoms with Crippen LogP contribution >= 0.6 is 11.6 Å². The zero-order valence-electron chi connectivity index (χ0n) is 17.7. The molecule has 8 nitrogen and oxygen atoms in total. The zero-order chi connectivity index (χ0) is 23.2. The van der Waals surface area contributed by atoms with E-state index < -0.39 is 10.0 Å². The van der Waals surface area contributed by atoms with Crippen LogP contribution in [0.4, 0.5) is 11.5 Å². The Morgan fingerprint density at radius 1 is 1.03 bits per heavy atom. The number of anilines is 2. The van der Waals surface area contributed by atoms with Crippen LogP contribution in [0.1, 0.15) is 34.5 Å². The van der Waals surface area contributed by atoms with Gasteiger partial charge >= 0.3 is 0 Å². The minimum atomic E-state index is -3.94. The summed E-state index contributed by atoms with van der Waals surface area (Å²) in [5, 5.41) is 7.45. The van der Waals surface area contributed by atoms with Crippen molar-refractivity contribution < 1.29 is 18.0 Å². The molecule has 2 N–H and O–H groups in total. The number of aryl methyl sites for hydroxylation is 3. The van der Waals surface area contributed by atoms with Crippen molar-refractivity contribution in [1.29, 1.82) is 0 Å². The van der Waals surface area contributed by atoms with Gasteiger partial charge in [-0.25, -0.2) is 8.42 Å². The maximum atomic E-state index is 13.2. The minimum Gasteiger partial charge on any atom is -0.310 e. The summed E-state index contributed by atoms with van der Waals surface area (Å²) in [6, 6.07) is 9.85. The second-order valence-corrected chi connectivity index (χ2v) is 9.77. The van der Waals surface area contributed by atoms with Gasteiger partial charge in [-0.1, -0.05) is 29.8 Å². The van der Waals surface area contributed by atoms with Crippen molar-refractivity contribution in [1.82, 2.24) is 9.78 Å². The van der Waals surface area contributed by atoms with Crippen LogP contribution in [0.5, 0.6) is 0 Å². The van der Waals surface area contributed by atoms with Crippen molar-refractivity contribution in [2.24, 2.45) is 0 Å². The molecule has 0 saturated carbocycles. The highest BCUT2D eigenvalue weighted by Crippen LogP contribution is 2.35. The fourth-order valence-electron chi connectivity index (χ4n) is 3.60. The van der Waals surface area contributed by atoms with Crippen LogP contribution in [-0.4, -0.2) is 30.0 Å². The Balaban J connectivity index is 1.80. The monoisotopic (exact) mass is 472 g/mol. The summed E-state index contributed by atoms with van der Waals surface area (Å²) < 4.78 is 30.1. The van der Waals surface area contributed by atoms with Gasteiger partial charge in [0.05, 0.1) is 16.3 Å². The molecule has 0 fully saturated rings. The molecule has 3 aromatic rings. The second-order valence-electron chi connectivity index (χ2n) is 7.71. The van der Waals surface area contributed by atoms with E-state index in [0.29, 0.717) is 33.1 Å². The van der Waals surface area contributed by atoms with Gasteiger partial charge in [0.1, 0.15) is 5.82 Å². The molecule has 2 heterocycles. The number of carbonyl (C=O) groups excluding carboxylic acids is 2. The van der Waals surface area contributed by atoms with Gasteiger partial charge in [0.25, 0.3) is 10.0 Å². The molecule has 1 aliphatic rings. The van der Waals surface area contributed by atoms with Crippen molar-refractivity contribution in [3.63, 3.8) is 0 Å². The molecule has 0 spiro atoms. The van der Waals surface area contributed by atoms with Crippen molar-refractivity contribution >= 4 is 44.9 Å². The number of hydrogen-bond acceptors (Lipinski definition) is 5. The molecule has 166 valence electrons. The first-order valence-corrected chi connectivity index (χ1v) is 11.8. The van der Waals surface area contributed by atoms with E-state index in [1.165, 1.54) is 10.7 Å². The third-order valence-corrected chi connectivity index (χ3v) is 7.24. The van der Waals surface area contributed by atoms with Crippen LogP contribution in [0.2, 0.25) is 5.02 Å². The van der Waals surface area contributed by atoms with Crippen LogP contribution in [0.15, 0.2) is 41.3 Å². The topological polar surface area (TPSA) is 110 Å². The van der Waals surface area contributed by atoms with Crippen LogP contribution in [-0.2, 0) is 14.8 Å². The highest BCUT2D eigenvalue weighted by Gasteiger charge is 2.27. The molecule has 1 aromatic heterocycles. The molecule has 1 aliphatic heterocycles. The number of fused-ring (bicyclic) bond motifs is 1. The molecule has 0 bridgehead atoms. The number of nitrogens with one attached hydrogen (secondary N) is 2. The van der Waals surface area contributed by atoms with E-state index in [0.717, 1.165) is 5.56 Å². The lowest BCUT2D eigenvalue weighted by atomic mass is 10.0. The molecule has 32 heavy (non-hydrogen) atoms. The van der Waals surface area contributed by atoms with E-state index >= 15 is 0 Å². The number of benzene rings is 2. The fourth-order valence-corrected chi connectivity index (χ4v) is 5.10. The molecule has 0 aliphatic carbocycles. The van der Waals surface area contributed by atoms with Gasteiger partial charge in [0.2, 0.25) is 11.8 Å². The van der Waals surface area contributed by atoms with Crippen LogP contribution in [0.3, 0.4) is 0 Å². The molecule has 1 amide bonds. The summed E-state index contributed by atoms with van der Waals surface area (Å²) in [6.07, 6.45) is 0.118. The van der Waals surface area contributed by atoms with Crippen LogP contribution in [0, 0.1) is 20.8 Å². The SMILES string of the molecule is Cc1ccc(NS(=O)(=O)c2cc(-c3c(C)nn4c3NC(=O)CCC4=O)ccc2C)cc1Cl. The van der Waals surface area contributed by atoms with E-state index in [2.05, 4.69) is 15.1 Å². The Kier molecular flexibility index (Phi) is 5.56. The van der Waals surface area contributed by atoms with Crippen molar-refractivity contribution in [2.45, 2.75) is 38.5 Å². The number of halogens is 1. The number of carbonyl (C=O) groups is 2. The number of sulfonamides is 1. The standard InChI is InChI=1S/C22H21ClN4O4S/c1-12-5-7-16(11-17(12)23)26-32(30,31)18-10-15(6-4-13(18)2)21-14(3)25-27-20(29)9-8-19(28)24-22(21)27/h4-7,10-11,26H,8-9H2,1-3H3,(H,24,28). The Bertz CT molecular complexity index is 1380. The normalized spacial score (nSPS) is 14.0. The summed E-state index contributed by atoms with van der Waals surface area (Å²) in [7, 11) is -3.94. The van der Waals surface area contributed by atoms with Gasteiger partial charge in [0.15, 0.2) is 0 Å². The Hall–Kier alpha value is -3.17. The highest BCUT2D eigenvalue weighted by molar-refractivity contribution is 7.92. The predicted molar refractivity (Wildman–Crippen MR) is 123 cm³/mol. The Labute approximate surface area is 190 Å². The van der Waals surface area contributed by atoms with E-state index in [4.69, 9.17) is 11.6 Å². The number of nitrogens with zero attached hydrogens (tertiary/aromatic N) is 2. The lowest BCUT2D eigenvalue weighted by Crippen LogP contribution is -2.15. The van der Waals surface area contributed by atoms with Crippen LogP contribution < -0.4 is 10.0 Å². The summed E-state index contributed by atoms with van der Waals surface area (Å²) in [6.45, 7) is 5.23. The third-order valence-electron chi connectivity index (χ3n) is 5.31. The van der Waals surface area contributed by atoms with Crippen LogP contribution in [0.25, 0.3) is 11.1 Å². The average Bonchev–Trinajstić information content (AvgIpc) is 2.97. The lowest BCUT2D eigenvalue weighted by Gasteiger charge is -2.13. The highest BCUT2D eigenvalue weighted by atomic mass is 35.5. The second kappa shape index (κ2) is 8.07. The van der Waals surface area contributed by atoms with Gasteiger partial charge in [-0.15, -0.1) is 0 Å². The van der Waals surface area contributed by atoms with Gasteiger partial charge < -0.3 is 5.32 Å². The maximum Gasteiger partial charge on any atom is 0.262 e. The molecule has 2 aromatic carbocycles. The largest absolute Gasteiger partial charge is 0.310 e. The Morgan fingerprint density at radius 2 is 1.75 bits per heavy atom. The zero-order valence-corrected chi connectivity index (χ0v) is 19.3. The molecule has 10 heteroatoms. The first kappa shape index (κ1) is 22.0. The lowest BCUT2D eigenvalue weighted by molar-refractivity contribution is -0.116. The molecular formula is C22H21ClN4O4S. The van der Waals surface area contributed by atoms with Gasteiger partial charge in [-0.2, -0.15) is 9.78 Å². The van der Waals surface area contributed by atoms with E-state index in [-0.39, 0.29) is 35.4 Å². The van der Waals surface area contributed by atoms with E-state index in [1.807, 2.05) is 6.92 Å². The number of rotatable bonds is 4. The maximum absolute atomic E-state index is 13.2. The molecule has 0 atom stereocenters. The summed E-state index contributed by atoms with van der Waals surface area (Å²) in [5.74, 6) is -0.345. The summed E-state index contributed by atoms with van der Waals surface area (Å²) in [4.78, 5) is 24.5. The quantitative estimate of drug-likeness (QED) is 0.588. The van der Waals surface area contributed by atoms with E-state index in [9.17, 15) is 18.0 Å². The fraction of sp³-hybridized carbons (Fsp3) is 0.227. The number of aromatic nitrogens is 2. The Morgan fingerprint density at radius 3 is 2.47 bits per heavy atom. The number of hydrogen-bond donors (Lipinski definition) is 2. The van der Waals surface area contributed by atoms with Crippen molar-refractivity contribution in [2.75, 3.05) is 10.0 Å². The average molecular weight is 473 g/mol. The van der Waals surface area contributed by atoms with Gasteiger partial charge in [-0.3, -0.25) is 14.3 Å². The number of amides is 1. The summed E-state index contributed by atoms with van der Waals surface area (Å²) in [5.41, 5.74) is 3.24. The van der Waals surface area contributed by atoms with Crippen molar-refractivity contribution in [3.05, 3.63) is 58.2 Å². The predicted octanol–water partition coefficient (Wildman–Crippen LogP) is 4.30. The third kappa shape index (κ3) is 4.01. The van der Waals surface area contributed by atoms with Gasteiger partial charge in [-0.05, 0) is 55.7 Å². The first-order valence-electron chi connectivity index (χ1n) is 9.89. The molecule has 0 saturated heterocycles. The van der Waals surface area contributed by atoms with Crippen molar-refractivity contribution in [3.8, 4) is 11.1 Å². The molecule has 0 radical (unpaired) electrons. The molecule has 4 rings (SSSR count). The van der Waals surface area contributed by atoms with E-state index in [1.54, 1.807) is 44.2 Å². The first-order chi connectivity index (χ1) is 15.1. The molecule has 0 unspecified atom stereocenters. The van der Waals surface area contributed by atoms with Gasteiger partial charge in [0, 0.05) is 23.4 Å². The molecular weight excluding hydrogens is 452 g/mol. The minimum absolute atomic E-state index is 0.0515. The smallest absolute Gasteiger partial charge is 0.262 e. The summed E-state index contributed by atoms with van der Waals surface area (Å²) >= 11 is 6.13.